The largest absolute Gasteiger partial charge is 0.489 e. The Morgan fingerprint density at radius 1 is 0.840 bits per heavy atom. The van der Waals surface area contributed by atoms with Crippen molar-refractivity contribution in [3.63, 3.8) is 0 Å². The summed E-state index contributed by atoms with van der Waals surface area (Å²) < 4.78 is 5.84. The Morgan fingerprint density at radius 3 is 2.40 bits per heavy atom. The maximum atomic E-state index is 8.82. The summed E-state index contributed by atoms with van der Waals surface area (Å²) in [5, 5.41) is 8.82. The second kappa shape index (κ2) is 8.53. The maximum absolute atomic E-state index is 8.82. The van der Waals surface area contributed by atoms with Crippen LogP contribution in [0.2, 0.25) is 0 Å². The standard InChI is InChI=1S/C21H19N3O/c22-14-17-9-11-18(12-10-17)16-25-21-8-4-5-19(13-21)15-23-24-20-6-2-1-3-7-20/h1-13,23-24H,15-16H2. The van der Waals surface area contributed by atoms with E-state index in [1.54, 1.807) is 12.1 Å². The summed E-state index contributed by atoms with van der Waals surface area (Å²) in [5.74, 6) is 0.823. The first-order valence-electron chi connectivity index (χ1n) is 8.08. The van der Waals surface area contributed by atoms with Gasteiger partial charge >= 0.3 is 0 Å². The second-order valence-corrected chi connectivity index (χ2v) is 5.59. The number of rotatable bonds is 7. The lowest BCUT2D eigenvalue weighted by Crippen LogP contribution is -2.20. The van der Waals surface area contributed by atoms with Crippen LogP contribution in [0.3, 0.4) is 0 Å². The Morgan fingerprint density at radius 2 is 1.64 bits per heavy atom. The molecule has 3 aromatic carbocycles. The van der Waals surface area contributed by atoms with E-state index in [0.29, 0.717) is 18.7 Å². The van der Waals surface area contributed by atoms with Crippen LogP contribution in [0.15, 0.2) is 78.9 Å². The molecule has 0 aliphatic rings. The van der Waals surface area contributed by atoms with Gasteiger partial charge in [0, 0.05) is 12.2 Å². The predicted molar refractivity (Wildman–Crippen MR) is 98.8 cm³/mol. The van der Waals surface area contributed by atoms with E-state index < -0.39 is 0 Å². The van der Waals surface area contributed by atoms with Gasteiger partial charge in [-0.3, -0.25) is 0 Å². The van der Waals surface area contributed by atoms with E-state index in [1.165, 1.54) is 0 Å². The summed E-state index contributed by atoms with van der Waals surface area (Å²) >= 11 is 0. The molecule has 4 heteroatoms. The Bertz CT molecular complexity index is 839. The predicted octanol–water partition coefficient (Wildman–Crippen LogP) is 4.25. The zero-order chi connectivity index (χ0) is 17.3. The number of nitriles is 1. The van der Waals surface area contributed by atoms with Crippen molar-refractivity contribution in [2.75, 3.05) is 5.43 Å². The number of para-hydroxylation sites is 1. The molecule has 0 aliphatic carbocycles. The molecule has 124 valence electrons. The lowest BCUT2D eigenvalue weighted by atomic mass is 10.1. The number of benzene rings is 3. The van der Waals surface area contributed by atoms with Gasteiger partial charge in [0.05, 0.1) is 11.6 Å². The molecule has 4 nitrogen and oxygen atoms in total. The fourth-order valence-corrected chi connectivity index (χ4v) is 2.36. The van der Waals surface area contributed by atoms with Gasteiger partial charge in [-0.1, -0.05) is 42.5 Å². The Balaban J connectivity index is 1.51. The van der Waals surface area contributed by atoms with Gasteiger partial charge in [-0.15, -0.1) is 0 Å². The van der Waals surface area contributed by atoms with E-state index in [0.717, 1.165) is 22.6 Å². The zero-order valence-corrected chi connectivity index (χ0v) is 13.8. The molecule has 0 aliphatic heterocycles. The highest BCUT2D eigenvalue weighted by molar-refractivity contribution is 5.41. The monoisotopic (exact) mass is 329 g/mol. The molecule has 3 aromatic rings. The molecule has 25 heavy (non-hydrogen) atoms. The van der Waals surface area contributed by atoms with Gasteiger partial charge in [0.15, 0.2) is 0 Å². The minimum absolute atomic E-state index is 0.477. The van der Waals surface area contributed by atoms with Crippen LogP contribution in [0.5, 0.6) is 5.75 Å². The third kappa shape index (κ3) is 5.10. The van der Waals surface area contributed by atoms with E-state index in [-0.39, 0.29) is 0 Å². The third-order valence-electron chi connectivity index (χ3n) is 3.69. The average Bonchev–Trinajstić information content (AvgIpc) is 2.68. The zero-order valence-electron chi connectivity index (χ0n) is 13.8. The first-order chi connectivity index (χ1) is 12.3. The maximum Gasteiger partial charge on any atom is 0.120 e. The molecule has 0 saturated carbocycles. The summed E-state index contributed by atoms with van der Waals surface area (Å²) in [4.78, 5) is 0. The molecule has 0 radical (unpaired) electrons. The van der Waals surface area contributed by atoms with Crippen molar-refractivity contribution in [2.45, 2.75) is 13.2 Å². The molecule has 3 rings (SSSR count). The fourth-order valence-electron chi connectivity index (χ4n) is 2.36. The van der Waals surface area contributed by atoms with Crippen LogP contribution in [0.25, 0.3) is 0 Å². The van der Waals surface area contributed by atoms with Crippen LogP contribution >= 0.6 is 0 Å². The highest BCUT2D eigenvalue weighted by Crippen LogP contribution is 2.15. The molecular formula is C21H19N3O. The lowest BCUT2D eigenvalue weighted by molar-refractivity contribution is 0.306. The summed E-state index contributed by atoms with van der Waals surface area (Å²) in [7, 11) is 0. The van der Waals surface area contributed by atoms with E-state index in [1.807, 2.05) is 66.7 Å². The third-order valence-corrected chi connectivity index (χ3v) is 3.69. The van der Waals surface area contributed by atoms with Crippen molar-refractivity contribution >= 4 is 5.69 Å². The highest BCUT2D eigenvalue weighted by Gasteiger charge is 1.99. The number of nitrogens with zero attached hydrogens (tertiary/aromatic N) is 1. The van der Waals surface area contributed by atoms with Crippen molar-refractivity contribution in [1.29, 1.82) is 5.26 Å². The topological polar surface area (TPSA) is 57.1 Å². The van der Waals surface area contributed by atoms with Crippen molar-refractivity contribution in [1.82, 2.24) is 5.43 Å². The Labute approximate surface area is 147 Å². The number of anilines is 1. The van der Waals surface area contributed by atoms with Crippen LogP contribution in [0.1, 0.15) is 16.7 Å². The van der Waals surface area contributed by atoms with E-state index >= 15 is 0 Å². The van der Waals surface area contributed by atoms with E-state index in [2.05, 4.69) is 16.9 Å². The van der Waals surface area contributed by atoms with E-state index in [9.17, 15) is 0 Å². The molecule has 0 spiro atoms. The van der Waals surface area contributed by atoms with Gasteiger partial charge in [-0.2, -0.15) is 5.26 Å². The van der Waals surface area contributed by atoms with Crippen LogP contribution in [0.4, 0.5) is 5.69 Å². The van der Waals surface area contributed by atoms with Crippen molar-refractivity contribution in [3.8, 4) is 11.8 Å². The number of hydrazine groups is 1. The number of ether oxygens (including phenoxy) is 1. The van der Waals surface area contributed by atoms with Crippen molar-refractivity contribution in [2.24, 2.45) is 0 Å². The minimum atomic E-state index is 0.477. The van der Waals surface area contributed by atoms with Crippen LogP contribution in [-0.4, -0.2) is 0 Å². The first-order valence-corrected chi connectivity index (χ1v) is 8.08. The molecule has 2 N–H and O–H groups in total. The minimum Gasteiger partial charge on any atom is -0.489 e. The van der Waals surface area contributed by atoms with Crippen molar-refractivity contribution in [3.05, 3.63) is 95.6 Å². The normalized spacial score (nSPS) is 10.0. The number of hydrogen-bond acceptors (Lipinski definition) is 4. The summed E-state index contributed by atoms with van der Waals surface area (Å²) in [5.41, 5.74) is 10.2. The fraction of sp³-hybridized carbons (Fsp3) is 0.0952. The van der Waals surface area contributed by atoms with Gasteiger partial charge < -0.3 is 10.2 Å². The highest BCUT2D eigenvalue weighted by atomic mass is 16.5. The van der Waals surface area contributed by atoms with Crippen molar-refractivity contribution < 1.29 is 4.74 Å². The quantitative estimate of drug-likeness (QED) is 0.636. The molecule has 0 amide bonds. The molecule has 0 fully saturated rings. The summed E-state index contributed by atoms with van der Waals surface area (Å²) in [6, 6.07) is 27.5. The Hall–Kier alpha value is -3.29. The molecule has 0 aromatic heterocycles. The lowest BCUT2D eigenvalue weighted by Gasteiger charge is -2.10. The average molecular weight is 329 g/mol. The number of nitrogens with one attached hydrogen (secondary N) is 2. The van der Waals surface area contributed by atoms with Gasteiger partial charge in [0.1, 0.15) is 12.4 Å². The van der Waals surface area contributed by atoms with Gasteiger partial charge in [-0.25, -0.2) is 5.43 Å². The molecule has 0 heterocycles. The molecule has 0 atom stereocenters. The summed E-state index contributed by atoms with van der Waals surface area (Å²) in [6.45, 7) is 1.16. The van der Waals surface area contributed by atoms with Crippen LogP contribution in [-0.2, 0) is 13.2 Å². The summed E-state index contributed by atoms with van der Waals surface area (Å²) in [6.07, 6.45) is 0. The van der Waals surface area contributed by atoms with Gasteiger partial charge in [-0.05, 0) is 47.5 Å². The first kappa shape index (κ1) is 16.6. The molecule has 0 saturated heterocycles. The molecular weight excluding hydrogens is 310 g/mol. The van der Waals surface area contributed by atoms with Crippen LogP contribution < -0.4 is 15.6 Å². The SMILES string of the molecule is N#Cc1ccc(COc2cccc(CNNc3ccccc3)c2)cc1. The van der Waals surface area contributed by atoms with Gasteiger partial charge in [0.25, 0.3) is 0 Å². The van der Waals surface area contributed by atoms with E-state index in [4.69, 9.17) is 10.00 Å². The smallest absolute Gasteiger partial charge is 0.120 e. The molecule has 0 bridgehead atoms. The van der Waals surface area contributed by atoms with Crippen LogP contribution in [0, 0.1) is 11.3 Å². The second-order valence-electron chi connectivity index (χ2n) is 5.59. The molecule has 0 unspecified atom stereocenters. The van der Waals surface area contributed by atoms with Gasteiger partial charge in [0.2, 0.25) is 0 Å². The Kier molecular flexibility index (Phi) is 5.65. The number of hydrogen-bond donors (Lipinski definition) is 2.